The third kappa shape index (κ3) is 2.77. The first-order valence-corrected chi connectivity index (χ1v) is 5.55. The van der Waals surface area contributed by atoms with E-state index in [4.69, 9.17) is 10.4 Å². The smallest absolute Gasteiger partial charge is 0.287 e. The first kappa shape index (κ1) is 13.2. The highest BCUT2D eigenvalue weighted by molar-refractivity contribution is 6.00. The minimum Gasteiger partial charge on any atom is -0.359 e. The molecule has 0 aliphatic carbocycles. The van der Waals surface area contributed by atoms with Gasteiger partial charge < -0.3 is 4.52 Å². The number of carbonyl (C=O) groups excluding carboxylic acids is 3. The zero-order chi connectivity index (χ0) is 14.0. The highest BCUT2D eigenvalue weighted by Gasteiger charge is 2.31. The summed E-state index contributed by atoms with van der Waals surface area (Å²) in [6.45, 7) is 1.95. The van der Waals surface area contributed by atoms with Gasteiger partial charge in [0.25, 0.3) is 5.91 Å². The summed E-state index contributed by atoms with van der Waals surface area (Å²) in [7, 11) is 0. The van der Waals surface area contributed by atoms with Crippen molar-refractivity contribution in [3.8, 4) is 0 Å². The first-order chi connectivity index (χ1) is 9.01. The van der Waals surface area contributed by atoms with Gasteiger partial charge in [0.2, 0.25) is 11.8 Å². The second-order valence-electron chi connectivity index (χ2n) is 4.15. The van der Waals surface area contributed by atoms with Crippen LogP contribution in [-0.2, 0) is 16.1 Å². The molecular formula is C10H13N5O4. The molecule has 1 unspecified atom stereocenters. The number of aromatic nitrogens is 1. The van der Waals surface area contributed by atoms with Crippen LogP contribution in [-0.4, -0.2) is 40.4 Å². The van der Waals surface area contributed by atoms with Crippen molar-refractivity contribution in [1.29, 1.82) is 0 Å². The van der Waals surface area contributed by atoms with Crippen LogP contribution >= 0.6 is 0 Å². The number of hydrazine groups is 1. The Morgan fingerprint density at radius 1 is 1.68 bits per heavy atom. The van der Waals surface area contributed by atoms with Gasteiger partial charge in [0, 0.05) is 6.07 Å². The van der Waals surface area contributed by atoms with Gasteiger partial charge in [-0.3, -0.25) is 30.0 Å². The van der Waals surface area contributed by atoms with Gasteiger partial charge in [0.15, 0.2) is 11.5 Å². The van der Waals surface area contributed by atoms with E-state index in [1.165, 1.54) is 6.07 Å². The molecule has 102 valence electrons. The van der Waals surface area contributed by atoms with E-state index in [-0.39, 0.29) is 30.6 Å². The van der Waals surface area contributed by atoms with Crippen molar-refractivity contribution in [1.82, 2.24) is 20.8 Å². The molecule has 3 amide bonds. The number of nitrogen functional groups attached to an aromatic ring is 1. The van der Waals surface area contributed by atoms with Crippen LogP contribution in [0.15, 0.2) is 10.6 Å². The number of nitrogens with zero attached hydrogens (tertiary/aromatic N) is 2. The van der Waals surface area contributed by atoms with Crippen molar-refractivity contribution in [3.63, 3.8) is 0 Å². The van der Waals surface area contributed by atoms with Crippen molar-refractivity contribution < 1.29 is 18.9 Å². The highest BCUT2D eigenvalue weighted by atomic mass is 16.5. The molecule has 1 fully saturated rings. The van der Waals surface area contributed by atoms with Crippen molar-refractivity contribution in [2.45, 2.75) is 19.5 Å². The number of piperazine rings is 1. The molecule has 9 heteroatoms. The summed E-state index contributed by atoms with van der Waals surface area (Å²) in [4.78, 5) is 35.6. The monoisotopic (exact) mass is 267 g/mol. The normalized spacial score (nSPS) is 20.2. The lowest BCUT2D eigenvalue weighted by atomic mass is 10.2. The molecule has 0 saturated carbocycles. The van der Waals surface area contributed by atoms with Crippen molar-refractivity contribution >= 4 is 17.7 Å². The average Bonchev–Trinajstić information content (AvgIpc) is 2.83. The fraction of sp³-hybridized carbons (Fsp3) is 0.400. The molecule has 1 aromatic heterocycles. The topological polar surface area (TPSA) is 131 Å². The Morgan fingerprint density at radius 2 is 2.42 bits per heavy atom. The summed E-state index contributed by atoms with van der Waals surface area (Å²) >= 11 is 0. The molecule has 0 bridgehead atoms. The Labute approximate surface area is 108 Å². The van der Waals surface area contributed by atoms with E-state index in [2.05, 4.69) is 10.5 Å². The Bertz CT molecular complexity index is 526. The number of amides is 3. The number of carbonyl (C=O) groups is 3. The maximum atomic E-state index is 11.5. The maximum absolute atomic E-state index is 11.5. The quantitative estimate of drug-likeness (QED) is 0.253. The fourth-order valence-corrected chi connectivity index (χ4v) is 1.73. The lowest BCUT2D eigenvalue weighted by Crippen LogP contribution is -2.56. The van der Waals surface area contributed by atoms with Crippen LogP contribution in [0.5, 0.6) is 0 Å². The van der Waals surface area contributed by atoms with E-state index in [0.29, 0.717) is 5.76 Å². The van der Waals surface area contributed by atoms with Gasteiger partial charge in [-0.1, -0.05) is 5.16 Å². The van der Waals surface area contributed by atoms with Crippen LogP contribution in [0, 0.1) is 0 Å². The number of nitrogens with two attached hydrogens (primary N) is 1. The SMILES string of the molecule is CC1C(=O)NC(=O)CN1Cc1cc(C(=O)NN)no1. The Kier molecular flexibility index (Phi) is 3.58. The number of nitrogens with one attached hydrogen (secondary N) is 2. The molecule has 1 atom stereocenters. The maximum Gasteiger partial charge on any atom is 0.287 e. The standard InChI is InChI=1S/C10H13N5O4/c1-5-9(17)12-8(16)4-15(5)3-6-2-7(14-19-6)10(18)13-11/h2,5H,3-4,11H2,1H3,(H,13,18)(H,12,16,17). The fourth-order valence-electron chi connectivity index (χ4n) is 1.73. The summed E-state index contributed by atoms with van der Waals surface area (Å²) in [6, 6.07) is 0.945. The number of hydrogen-bond acceptors (Lipinski definition) is 7. The zero-order valence-electron chi connectivity index (χ0n) is 10.2. The van der Waals surface area contributed by atoms with E-state index in [1.807, 2.05) is 5.43 Å². The third-order valence-electron chi connectivity index (χ3n) is 2.82. The van der Waals surface area contributed by atoms with Crippen molar-refractivity contribution in [2.75, 3.05) is 6.54 Å². The van der Waals surface area contributed by atoms with Gasteiger partial charge >= 0.3 is 0 Å². The first-order valence-electron chi connectivity index (χ1n) is 5.55. The summed E-state index contributed by atoms with van der Waals surface area (Å²) in [6.07, 6.45) is 0. The molecular weight excluding hydrogens is 254 g/mol. The number of imide groups is 1. The molecule has 1 aromatic rings. The van der Waals surface area contributed by atoms with Gasteiger partial charge in [-0.05, 0) is 6.92 Å². The van der Waals surface area contributed by atoms with E-state index < -0.39 is 11.9 Å². The Hall–Kier alpha value is -2.26. The number of hydrogen-bond donors (Lipinski definition) is 3. The van der Waals surface area contributed by atoms with Crippen molar-refractivity contribution in [3.05, 3.63) is 17.5 Å². The molecule has 0 radical (unpaired) electrons. The molecule has 9 nitrogen and oxygen atoms in total. The van der Waals surface area contributed by atoms with Crippen molar-refractivity contribution in [2.24, 2.45) is 5.84 Å². The molecule has 1 saturated heterocycles. The molecule has 1 aliphatic heterocycles. The van der Waals surface area contributed by atoms with E-state index in [0.717, 1.165) is 0 Å². The van der Waals surface area contributed by atoms with Crippen LogP contribution < -0.4 is 16.6 Å². The summed E-state index contributed by atoms with van der Waals surface area (Å²) in [5.74, 6) is 4.02. The lowest BCUT2D eigenvalue weighted by molar-refractivity contribution is -0.139. The van der Waals surface area contributed by atoms with Crippen LogP contribution in [0.1, 0.15) is 23.2 Å². The lowest BCUT2D eigenvalue weighted by Gasteiger charge is -2.30. The Balaban J connectivity index is 2.08. The van der Waals surface area contributed by atoms with Gasteiger partial charge in [0.05, 0.1) is 19.1 Å². The van der Waals surface area contributed by atoms with Gasteiger partial charge in [-0.25, -0.2) is 5.84 Å². The Morgan fingerprint density at radius 3 is 3.11 bits per heavy atom. The van der Waals surface area contributed by atoms with E-state index >= 15 is 0 Å². The summed E-state index contributed by atoms with van der Waals surface area (Å²) in [5, 5.41) is 5.77. The second-order valence-corrected chi connectivity index (χ2v) is 4.15. The zero-order valence-corrected chi connectivity index (χ0v) is 10.2. The molecule has 19 heavy (non-hydrogen) atoms. The second kappa shape index (κ2) is 5.16. The minimum absolute atomic E-state index is 0.0398. The van der Waals surface area contributed by atoms with Gasteiger partial charge in [-0.2, -0.15) is 0 Å². The summed E-state index contributed by atoms with van der Waals surface area (Å²) < 4.78 is 4.96. The molecule has 0 spiro atoms. The van der Waals surface area contributed by atoms with Crippen LogP contribution in [0.2, 0.25) is 0 Å². The average molecular weight is 267 g/mol. The number of rotatable bonds is 3. The highest BCUT2D eigenvalue weighted by Crippen LogP contribution is 2.12. The summed E-state index contributed by atoms with van der Waals surface area (Å²) in [5.41, 5.74) is 1.97. The largest absolute Gasteiger partial charge is 0.359 e. The van der Waals surface area contributed by atoms with E-state index in [9.17, 15) is 14.4 Å². The third-order valence-corrected chi connectivity index (χ3v) is 2.82. The van der Waals surface area contributed by atoms with Crippen LogP contribution in [0.3, 0.4) is 0 Å². The molecule has 2 heterocycles. The molecule has 2 rings (SSSR count). The predicted molar refractivity (Wildman–Crippen MR) is 61.2 cm³/mol. The molecule has 4 N–H and O–H groups in total. The van der Waals surface area contributed by atoms with Gasteiger partial charge in [-0.15, -0.1) is 0 Å². The van der Waals surface area contributed by atoms with E-state index in [1.54, 1.807) is 11.8 Å². The predicted octanol–water partition coefficient (Wildman–Crippen LogP) is -1.87. The van der Waals surface area contributed by atoms with Crippen LogP contribution in [0.4, 0.5) is 0 Å². The molecule has 0 aromatic carbocycles. The minimum atomic E-state index is -0.574. The molecule has 1 aliphatic rings. The van der Waals surface area contributed by atoms with Crippen LogP contribution in [0.25, 0.3) is 0 Å². The van der Waals surface area contributed by atoms with Gasteiger partial charge in [0.1, 0.15) is 0 Å².